The van der Waals surface area contributed by atoms with Gasteiger partial charge < -0.3 is 9.51 Å². The van der Waals surface area contributed by atoms with Crippen LogP contribution in [0.1, 0.15) is 6.92 Å². The molecule has 1 atom stereocenters. The van der Waals surface area contributed by atoms with Gasteiger partial charge in [0.05, 0.1) is 0 Å². The first-order chi connectivity index (χ1) is 4.27. The minimum Gasteiger partial charge on any atom is -0.445 e. The molecule has 0 rings (SSSR count). The van der Waals surface area contributed by atoms with Gasteiger partial charge in [0.1, 0.15) is 0 Å². The summed E-state index contributed by atoms with van der Waals surface area (Å²) in [5.41, 5.74) is 0. The largest absolute Gasteiger partial charge is 0.445 e. The van der Waals surface area contributed by atoms with Gasteiger partial charge in [-0.05, 0) is 32.2 Å². The van der Waals surface area contributed by atoms with E-state index in [0.29, 0.717) is 0 Å². The van der Waals surface area contributed by atoms with Crippen LogP contribution in [0.25, 0.3) is 0 Å². The van der Waals surface area contributed by atoms with Crippen molar-refractivity contribution >= 4 is 16.8 Å². The second-order valence-electron chi connectivity index (χ2n) is 3.88. The lowest BCUT2D eigenvalue weighted by Gasteiger charge is -2.29. The third-order valence-electron chi connectivity index (χ3n) is 1.24. The second-order valence-corrected chi connectivity index (χ2v) is 12.3. The van der Waals surface area contributed by atoms with Crippen LogP contribution in [-0.2, 0) is 4.12 Å². The predicted molar refractivity (Wildman–Crippen MR) is 50.7 cm³/mol. The van der Waals surface area contributed by atoms with Crippen LogP contribution in [0.4, 0.5) is 0 Å². The second kappa shape index (κ2) is 3.17. The summed E-state index contributed by atoms with van der Waals surface area (Å²) >= 11 is 0. The molecule has 0 heterocycles. The van der Waals surface area contributed by atoms with Gasteiger partial charge >= 0.3 is 0 Å². The van der Waals surface area contributed by atoms with Crippen molar-refractivity contribution in [2.45, 2.75) is 39.2 Å². The average Bonchev–Trinajstić information content (AvgIpc) is 1.60. The highest BCUT2D eigenvalue weighted by Gasteiger charge is 2.28. The van der Waals surface area contributed by atoms with Gasteiger partial charge in [-0.3, -0.25) is 0 Å². The molecule has 2 N–H and O–H groups in total. The lowest BCUT2D eigenvalue weighted by molar-refractivity contribution is 0.543. The summed E-state index contributed by atoms with van der Waals surface area (Å²) in [5.74, 6) is 0. The van der Waals surface area contributed by atoms with E-state index >= 15 is 0 Å². The van der Waals surface area contributed by atoms with Gasteiger partial charge in [0, 0.05) is 0 Å². The summed E-state index contributed by atoms with van der Waals surface area (Å²) in [6.45, 7) is 10.7. The summed E-state index contributed by atoms with van der Waals surface area (Å²) in [6.07, 6.45) is 0. The van der Waals surface area contributed by atoms with Crippen LogP contribution in [0.2, 0.25) is 32.2 Å². The molecule has 0 amide bonds. The third kappa shape index (κ3) is 5.16. The van der Waals surface area contributed by atoms with Crippen molar-refractivity contribution in [3.05, 3.63) is 0 Å². The normalized spacial score (nSPS) is 18.6. The Morgan fingerprint density at radius 2 is 1.60 bits per heavy atom. The topological polar surface area (TPSA) is 35.2 Å². The maximum absolute atomic E-state index is 5.95. The van der Waals surface area contributed by atoms with Crippen LogP contribution in [0.3, 0.4) is 0 Å². The highest BCUT2D eigenvalue weighted by atomic mass is 28.4. The molecule has 0 aliphatic rings. The quantitative estimate of drug-likeness (QED) is 0.668. The summed E-state index contributed by atoms with van der Waals surface area (Å²) in [4.78, 5) is 0. The Kier molecular flexibility index (Phi) is 3.28. The van der Waals surface area contributed by atoms with Gasteiger partial charge in [-0.1, -0.05) is 6.92 Å². The Balaban J connectivity index is 3.89. The fourth-order valence-electron chi connectivity index (χ4n) is 0.772. The molecule has 0 bridgehead atoms. The molecule has 0 aliphatic heterocycles. The summed E-state index contributed by atoms with van der Waals surface area (Å²) < 4.78 is 5.83. The summed E-state index contributed by atoms with van der Waals surface area (Å²) in [6, 6.07) is 1.01. The van der Waals surface area contributed by atoms with E-state index in [1.165, 1.54) is 0 Å². The zero-order valence-corrected chi connectivity index (χ0v) is 9.69. The van der Waals surface area contributed by atoms with Crippen LogP contribution in [-0.4, -0.2) is 16.8 Å². The zero-order chi connectivity index (χ0) is 8.41. The number of rotatable bonds is 3. The van der Waals surface area contributed by atoms with Gasteiger partial charge in [0.2, 0.25) is 0 Å². The van der Waals surface area contributed by atoms with Gasteiger partial charge in [0.15, 0.2) is 8.32 Å². The SMILES string of the molecule is CC[Si](C)(N)O[Si](C)(C)C. The van der Waals surface area contributed by atoms with Gasteiger partial charge in [0.25, 0.3) is 8.48 Å². The van der Waals surface area contributed by atoms with Gasteiger partial charge in [-0.15, -0.1) is 0 Å². The minimum absolute atomic E-state index is 1.01. The number of nitrogens with two attached hydrogens (primary N) is 1. The molecule has 0 aromatic heterocycles. The third-order valence-corrected chi connectivity index (χ3v) is 6.96. The number of hydrogen-bond donors (Lipinski definition) is 1. The van der Waals surface area contributed by atoms with Crippen molar-refractivity contribution in [3.8, 4) is 0 Å². The molecular formula is C6H19NOSi2. The zero-order valence-electron chi connectivity index (χ0n) is 7.69. The van der Waals surface area contributed by atoms with Crippen LogP contribution < -0.4 is 5.40 Å². The molecule has 0 aromatic carbocycles. The fraction of sp³-hybridized carbons (Fsp3) is 1.00. The molecule has 1 unspecified atom stereocenters. The highest BCUT2D eigenvalue weighted by molar-refractivity contribution is 6.83. The first kappa shape index (κ1) is 10.4. The van der Waals surface area contributed by atoms with E-state index in [-0.39, 0.29) is 0 Å². The van der Waals surface area contributed by atoms with E-state index in [0.717, 1.165) is 6.04 Å². The van der Waals surface area contributed by atoms with Gasteiger partial charge in [-0.2, -0.15) is 0 Å². The van der Waals surface area contributed by atoms with E-state index in [2.05, 4.69) is 33.1 Å². The molecule has 0 radical (unpaired) electrons. The molecular weight excluding hydrogens is 158 g/mol. The smallest absolute Gasteiger partial charge is 0.252 e. The van der Waals surface area contributed by atoms with E-state index in [9.17, 15) is 0 Å². The lowest BCUT2D eigenvalue weighted by Crippen LogP contribution is -2.51. The Morgan fingerprint density at radius 1 is 1.20 bits per heavy atom. The van der Waals surface area contributed by atoms with E-state index in [1.807, 2.05) is 0 Å². The first-order valence-corrected chi connectivity index (χ1v) is 9.86. The highest BCUT2D eigenvalue weighted by Crippen LogP contribution is 2.12. The number of hydrogen-bond acceptors (Lipinski definition) is 2. The Bertz CT molecular complexity index is 109. The Morgan fingerprint density at radius 3 is 1.70 bits per heavy atom. The molecule has 0 saturated carbocycles. The predicted octanol–water partition coefficient (Wildman–Crippen LogP) is 1.89. The van der Waals surface area contributed by atoms with Crippen molar-refractivity contribution in [1.29, 1.82) is 0 Å². The molecule has 2 nitrogen and oxygen atoms in total. The fourth-order valence-corrected chi connectivity index (χ4v) is 6.94. The molecule has 62 valence electrons. The molecule has 10 heavy (non-hydrogen) atoms. The van der Waals surface area contributed by atoms with Crippen LogP contribution in [0, 0.1) is 0 Å². The van der Waals surface area contributed by atoms with E-state index < -0.39 is 16.8 Å². The van der Waals surface area contributed by atoms with Crippen molar-refractivity contribution < 1.29 is 4.12 Å². The van der Waals surface area contributed by atoms with E-state index in [1.54, 1.807) is 0 Å². The Labute approximate surface area is 66.1 Å². The lowest BCUT2D eigenvalue weighted by atomic mass is 11.0. The maximum Gasteiger partial charge on any atom is 0.252 e. The van der Waals surface area contributed by atoms with Crippen molar-refractivity contribution in [3.63, 3.8) is 0 Å². The van der Waals surface area contributed by atoms with Crippen LogP contribution in [0.15, 0.2) is 0 Å². The molecule has 0 spiro atoms. The summed E-state index contributed by atoms with van der Waals surface area (Å²) in [5, 5.41) is 5.95. The van der Waals surface area contributed by atoms with E-state index in [4.69, 9.17) is 9.51 Å². The molecule has 0 aliphatic carbocycles. The minimum atomic E-state index is -1.75. The summed E-state index contributed by atoms with van der Waals surface area (Å²) in [7, 11) is -3.13. The maximum atomic E-state index is 5.95. The monoisotopic (exact) mass is 177 g/mol. The molecule has 0 fully saturated rings. The van der Waals surface area contributed by atoms with Crippen molar-refractivity contribution in [1.82, 2.24) is 0 Å². The first-order valence-electron chi connectivity index (χ1n) is 3.76. The van der Waals surface area contributed by atoms with Crippen LogP contribution in [0.5, 0.6) is 0 Å². The molecule has 0 aromatic rings. The van der Waals surface area contributed by atoms with Crippen molar-refractivity contribution in [2.24, 2.45) is 5.40 Å². The van der Waals surface area contributed by atoms with Crippen molar-refractivity contribution in [2.75, 3.05) is 0 Å². The van der Waals surface area contributed by atoms with Crippen LogP contribution >= 0.6 is 0 Å². The average molecular weight is 177 g/mol. The molecule has 0 saturated heterocycles. The van der Waals surface area contributed by atoms with Gasteiger partial charge in [-0.25, -0.2) is 0 Å². The standard InChI is InChI=1S/C6H19NOSi2/c1-6-10(5,7)8-9(2,3)4/h6-7H2,1-5H3. The molecule has 4 heteroatoms. The Hall–Kier alpha value is 0.354.